The third kappa shape index (κ3) is 4.18. The van der Waals surface area contributed by atoms with Crippen LogP contribution in [0.5, 0.6) is 0 Å². The first-order valence-electron chi connectivity index (χ1n) is 7.36. The van der Waals surface area contributed by atoms with Crippen molar-refractivity contribution in [3.63, 3.8) is 0 Å². The molecule has 114 valence electrons. The molecule has 1 aromatic rings. The summed E-state index contributed by atoms with van der Waals surface area (Å²) >= 11 is 0. The van der Waals surface area contributed by atoms with Gasteiger partial charge in [-0.15, -0.1) is 0 Å². The topological polar surface area (TPSA) is 79.5 Å². The monoisotopic (exact) mass is 290 g/mol. The van der Waals surface area contributed by atoms with Crippen molar-refractivity contribution < 1.29 is 9.59 Å². The Morgan fingerprint density at radius 1 is 1.14 bits per heavy atom. The van der Waals surface area contributed by atoms with Crippen LogP contribution < -0.4 is 5.73 Å². The number of carbonyl (C=O) groups is 2. The number of hydrogen-bond acceptors (Lipinski definition) is 4. The molecule has 2 N–H and O–H groups in total. The van der Waals surface area contributed by atoms with Crippen LogP contribution in [0.2, 0.25) is 0 Å². The maximum absolute atomic E-state index is 12.3. The van der Waals surface area contributed by atoms with E-state index in [-0.39, 0.29) is 18.2 Å². The first-order valence-corrected chi connectivity index (χ1v) is 7.36. The number of aromatic nitrogens is 1. The summed E-state index contributed by atoms with van der Waals surface area (Å²) in [5.41, 5.74) is 6.90. The van der Waals surface area contributed by atoms with Crippen LogP contribution in [0.25, 0.3) is 0 Å². The minimum atomic E-state index is 0.0538. The molecule has 0 aromatic carbocycles. The Hall–Kier alpha value is -2.11. The highest BCUT2D eigenvalue weighted by molar-refractivity contribution is 5.79. The Kier molecular flexibility index (Phi) is 5.14. The normalized spacial score (nSPS) is 15.7. The Morgan fingerprint density at radius 3 is 2.38 bits per heavy atom. The number of nitrogens with zero attached hydrogens (tertiary/aromatic N) is 3. The summed E-state index contributed by atoms with van der Waals surface area (Å²) in [6, 6.07) is 3.53. The van der Waals surface area contributed by atoms with Crippen molar-refractivity contribution in [3.8, 4) is 0 Å². The predicted octanol–water partition coefficient (Wildman–Crippen LogP) is 0.677. The van der Waals surface area contributed by atoms with Gasteiger partial charge >= 0.3 is 0 Å². The lowest BCUT2D eigenvalue weighted by molar-refractivity contribution is -0.133. The second kappa shape index (κ2) is 7.06. The lowest BCUT2D eigenvalue weighted by Gasteiger charge is -2.21. The highest BCUT2D eigenvalue weighted by Crippen LogP contribution is 2.08. The van der Waals surface area contributed by atoms with E-state index in [0.717, 1.165) is 18.7 Å². The predicted molar refractivity (Wildman–Crippen MR) is 80.4 cm³/mol. The second-order valence-electron chi connectivity index (χ2n) is 5.23. The van der Waals surface area contributed by atoms with Crippen LogP contribution in [0.3, 0.4) is 0 Å². The minimum Gasteiger partial charge on any atom is -0.397 e. The van der Waals surface area contributed by atoms with Crippen molar-refractivity contribution in [1.82, 2.24) is 14.8 Å². The molecule has 6 nitrogen and oxygen atoms in total. The Labute approximate surface area is 124 Å². The standard InChI is InChI=1S/C15H22N4O2/c1-2-14(20)18-6-3-7-19(9-8-18)15(21)10-13-5-4-12(16)11-17-13/h4-5,11H,2-3,6-10,16H2,1H3. The molecule has 0 radical (unpaired) electrons. The van der Waals surface area contributed by atoms with Crippen LogP contribution in [-0.2, 0) is 16.0 Å². The van der Waals surface area contributed by atoms with E-state index in [4.69, 9.17) is 5.73 Å². The SMILES string of the molecule is CCC(=O)N1CCCN(C(=O)Cc2ccc(N)cn2)CC1. The van der Waals surface area contributed by atoms with Gasteiger partial charge in [-0.1, -0.05) is 6.92 Å². The molecule has 0 aliphatic carbocycles. The molecule has 0 atom stereocenters. The van der Waals surface area contributed by atoms with Crippen LogP contribution in [0.15, 0.2) is 18.3 Å². The summed E-state index contributed by atoms with van der Waals surface area (Å²) in [6.45, 7) is 4.51. The molecule has 21 heavy (non-hydrogen) atoms. The number of nitrogens with two attached hydrogens (primary N) is 1. The zero-order valence-corrected chi connectivity index (χ0v) is 12.4. The van der Waals surface area contributed by atoms with Gasteiger partial charge in [0.05, 0.1) is 18.3 Å². The summed E-state index contributed by atoms with van der Waals surface area (Å²) < 4.78 is 0. The molecule has 1 aliphatic heterocycles. The highest BCUT2D eigenvalue weighted by atomic mass is 16.2. The van der Waals surface area contributed by atoms with E-state index < -0.39 is 0 Å². The summed E-state index contributed by atoms with van der Waals surface area (Å²) in [5.74, 6) is 0.211. The largest absolute Gasteiger partial charge is 0.397 e. The van der Waals surface area contributed by atoms with Crippen molar-refractivity contribution >= 4 is 17.5 Å². The number of hydrogen-bond donors (Lipinski definition) is 1. The van der Waals surface area contributed by atoms with Crippen LogP contribution in [0, 0.1) is 0 Å². The molecule has 0 bridgehead atoms. The van der Waals surface area contributed by atoms with Crippen molar-refractivity contribution in [3.05, 3.63) is 24.0 Å². The van der Waals surface area contributed by atoms with Gasteiger partial charge in [0, 0.05) is 38.3 Å². The number of amides is 2. The van der Waals surface area contributed by atoms with Crippen LogP contribution in [0.1, 0.15) is 25.5 Å². The van der Waals surface area contributed by atoms with Gasteiger partial charge < -0.3 is 15.5 Å². The third-order valence-corrected chi connectivity index (χ3v) is 3.68. The van der Waals surface area contributed by atoms with Gasteiger partial charge in [-0.2, -0.15) is 0 Å². The third-order valence-electron chi connectivity index (χ3n) is 3.68. The number of pyridine rings is 1. The molecule has 2 rings (SSSR count). The van der Waals surface area contributed by atoms with Crippen molar-refractivity contribution in [1.29, 1.82) is 0 Å². The van der Waals surface area contributed by atoms with Gasteiger partial charge in [0.1, 0.15) is 0 Å². The Morgan fingerprint density at radius 2 is 1.81 bits per heavy atom. The zero-order chi connectivity index (χ0) is 15.2. The van der Waals surface area contributed by atoms with Gasteiger partial charge in [-0.05, 0) is 18.6 Å². The fourth-order valence-electron chi connectivity index (χ4n) is 2.45. The van der Waals surface area contributed by atoms with Crippen molar-refractivity contribution in [2.75, 3.05) is 31.9 Å². The lowest BCUT2D eigenvalue weighted by atomic mass is 10.2. The fourth-order valence-corrected chi connectivity index (χ4v) is 2.45. The molecule has 1 aromatic heterocycles. The second-order valence-corrected chi connectivity index (χ2v) is 5.23. The smallest absolute Gasteiger partial charge is 0.228 e. The van der Waals surface area contributed by atoms with Crippen LogP contribution in [-0.4, -0.2) is 52.8 Å². The maximum atomic E-state index is 12.3. The summed E-state index contributed by atoms with van der Waals surface area (Å²) in [5, 5.41) is 0. The Bertz CT molecular complexity index is 501. The zero-order valence-electron chi connectivity index (χ0n) is 12.4. The Balaban J connectivity index is 1.91. The highest BCUT2D eigenvalue weighted by Gasteiger charge is 2.21. The lowest BCUT2D eigenvalue weighted by Crippen LogP contribution is -2.37. The average Bonchev–Trinajstić information content (AvgIpc) is 2.75. The molecule has 0 spiro atoms. The molecule has 1 fully saturated rings. The number of carbonyl (C=O) groups excluding carboxylic acids is 2. The average molecular weight is 290 g/mol. The van der Waals surface area contributed by atoms with E-state index in [2.05, 4.69) is 4.98 Å². The summed E-state index contributed by atoms with van der Waals surface area (Å²) in [4.78, 5) is 31.8. The van der Waals surface area contributed by atoms with Gasteiger partial charge in [0.15, 0.2) is 0 Å². The summed E-state index contributed by atoms with van der Waals surface area (Å²) in [6.07, 6.45) is 3.19. The molecule has 0 unspecified atom stereocenters. The molecule has 1 saturated heterocycles. The molecule has 2 amide bonds. The van der Waals surface area contributed by atoms with E-state index in [0.29, 0.717) is 31.7 Å². The number of anilines is 1. The van der Waals surface area contributed by atoms with Crippen LogP contribution >= 0.6 is 0 Å². The van der Waals surface area contributed by atoms with E-state index in [1.165, 1.54) is 0 Å². The van der Waals surface area contributed by atoms with Crippen LogP contribution in [0.4, 0.5) is 5.69 Å². The maximum Gasteiger partial charge on any atom is 0.228 e. The first-order chi connectivity index (χ1) is 10.1. The van der Waals surface area contributed by atoms with E-state index in [1.807, 2.05) is 16.7 Å². The van der Waals surface area contributed by atoms with Crippen molar-refractivity contribution in [2.24, 2.45) is 0 Å². The first kappa shape index (κ1) is 15.3. The molecule has 2 heterocycles. The number of nitrogen functional groups attached to an aromatic ring is 1. The van der Waals surface area contributed by atoms with Crippen molar-refractivity contribution in [2.45, 2.75) is 26.2 Å². The molecular weight excluding hydrogens is 268 g/mol. The number of rotatable bonds is 3. The van der Waals surface area contributed by atoms with Gasteiger partial charge in [0.2, 0.25) is 11.8 Å². The van der Waals surface area contributed by atoms with E-state index in [1.54, 1.807) is 18.3 Å². The van der Waals surface area contributed by atoms with Gasteiger partial charge in [0.25, 0.3) is 0 Å². The molecule has 1 aliphatic rings. The van der Waals surface area contributed by atoms with E-state index >= 15 is 0 Å². The summed E-state index contributed by atoms with van der Waals surface area (Å²) in [7, 11) is 0. The van der Waals surface area contributed by atoms with Gasteiger partial charge in [-0.3, -0.25) is 14.6 Å². The molecule has 0 saturated carbocycles. The van der Waals surface area contributed by atoms with E-state index in [9.17, 15) is 9.59 Å². The molecular formula is C15H22N4O2. The van der Waals surface area contributed by atoms with Gasteiger partial charge in [-0.25, -0.2) is 0 Å². The quantitative estimate of drug-likeness (QED) is 0.887. The minimum absolute atomic E-state index is 0.0538. The molecule has 6 heteroatoms. The fraction of sp³-hybridized carbons (Fsp3) is 0.533.